The molecule has 0 aliphatic heterocycles. The van der Waals surface area contributed by atoms with Crippen molar-refractivity contribution in [2.45, 2.75) is 71.1 Å². The molecular formula is C18H28N2O3. The van der Waals surface area contributed by atoms with Crippen LogP contribution < -0.4 is 10.6 Å². The summed E-state index contributed by atoms with van der Waals surface area (Å²) in [5.74, 6) is 0.309. The number of aryl methyl sites for hydroxylation is 1. The van der Waals surface area contributed by atoms with Crippen molar-refractivity contribution in [1.29, 1.82) is 0 Å². The first-order chi connectivity index (χ1) is 10.7. The van der Waals surface area contributed by atoms with E-state index in [1.165, 1.54) is 0 Å². The third-order valence-corrected chi connectivity index (χ3v) is 3.96. The first-order valence-corrected chi connectivity index (χ1v) is 8.28. The molecule has 0 saturated heterocycles. The van der Waals surface area contributed by atoms with E-state index in [9.17, 15) is 9.90 Å². The van der Waals surface area contributed by atoms with Gasteiger partial charge in [0.2, 0.25) is 0 Å². The molecule has 0 aromatic heterocycles. The summed E-state index contributed by atoms with van der Waals surface area (Å²) in [5, 5.41) is 16.1. The number of carbonyl (C=O) groups excluding carboxylic acids is 1. The minimum absolute atomic E-state index is 0.134. The quantitative estimate of drug-likeness (QED) is 0.738. The lowest BCUT2D eigenvalue weighted by Crippen LogP contribution is -2.43. The van der Waals surface area contributed by atoms with Gasteiger partial charge >= 0.3 is 6.09 Å². The lowest BCUT2D eigenvalue weighted by atomic mass is 9.91. The molecule has 1 saturated carbocycles. The van der Waals surface area contributed by atoms with Crippen LogP contribution in [0.15, 0.2) is 18.2 Å². The number of hydrogen-bond donors (Lipinski definition) is 3. The number of rotatable bonds is 3. The summed E-state index contributed by atoms with van der Waals surface area (Å²) in [6.45, 7) is 7.48. The Morgan fingerprint density at radius 3 is 2.61 bits per heavy atom. The monoisotopic (exact) mass is 320 g/mol. The largest absolute Gasteiger partial charge is 0.508 e. The summed E-state index contributed by atoms with van der Waals surface area (Å²) in [4.78, 5) is 11.9. The maximum atomic E-state index is 11.9. The number of phenolic OH excluding ortho intramolecular Hbond substituents is 1. The molecule has 2 atom stereocenters. The van der Waals surface area contributed by atoms with Crippen LogP contribution in [0, 0.1) is 6.92 Å². The molecule has 23 heavy (non-hydrogen) atoms. The maximum absolute atomic E-state index is 11.9. The van der Waals surface area contributed by atoms with E-state index in [0.717, 1.165) is 36.9 Å². The fourth-order valence-corrected chi connectivity index (χ4v) is 2.91. The van der Waals surface area contributed by atoms with Crippen LogP contribution in [0.25, 0.3) is 0 Å². The highest BCUT2D eigenvalue weighted by atomic mass is 16.6. The van der Waals surface area contributed by atoms with E-state index in [1.807, 2.05) is 39.8 Å². The second-order valence-corrected chi connectivity index (χ2v) is 7.35. The molecule has 5 heteroatoms. The Bertz CT molecular complexity index is 552. The zero-order chi connectivity index (χ0) is 17.0. The van der Waals surface area contributed by atoms with Gasteiger partial charge in [-0.3, -0.25) is 0 Å². The molecule has 1 fully saturated rings. The van der Waals surface area contributed by atoms with Gasteiger partial charge in [0, 0.05) is 17.8 Å². The smallest absolute Gasteiger partial charge is 0.407 e. The van der Waals surface area contributed by atoms with Gasteiger partial charge in [0.1, 0.15) is 11.4 Å². The highest BCUT2D eigenvalue weighted by Crippen LogP contribution is 2.25. The van der Waals surface area contributed by atoms with Crippen LogP contribution in [0.2, 0.25) is 0 Å². The molecule has 1 amide bonds. The standard InChI is InChI=1S/C18H28N2O3/c1-12-10-15(8-9-16(12)21)19-13-6-5-7-14(11-13)20-17(22)23-18(2,3)4/h8-10,13-14,19,21H,5-7,11H2,1-4H3,(H,20,22). The van der Waals surface area contributed by atoms with E-state index >= 15 is 0 Å². The summed E-state index contributed by atoms with van der Waals surface area (Å²) in [6.07, 6.45) is 3.65. The number of alkyl carbamates (subject to hydrolysis) is 1. The topological polar surface area (TPSA) is 70.6 Å². The predicted octanol–water partition coefficient (Wildman–Crippen LogP) is 3.95. The number of hydrogen-bond acceptors (Lipinski definition) is 4. The summed E-state index contributed by atoms with van der Waals surface area (Å²) in [7, 11) is 0. The zero-order valence-electron chi connectivity index (χ0n) is 14.5. The average molecular weight is 320 g/mol. The van der Waals surface area contributed by atoms with E-state index in [0.29, 0.717) is 11.8 Å². The van der Waals surface area contributed by atoms with Crippen LogP contribution in [-0.4, -0.2) is 28.9 Å². The van der Waals surface area contributed by atoms with Crippen LogP contribution in [0.5, 0.6) is 5.75 Å². The van der Waals surface area contributed by atoms with Crippen molar-refractivity contribution >= 4 is 11.8 Å². The molecule has 3 N–H and O–H groups in total. The molecule has 0 spiro atoms. The zero-order valence-corrected chi connectivity index (χ0v) is 14.5. The third kappa shape index (κ3) is 5.66. The molecule has 1 aliphatic carbocycles. The first-order valence-electron chi connectivity index (χ1n) is 8.28. The Morgan fingerprint density at radius 1 is 1.26 bits per heavy atom. The van der Waals surface area contributed by atoms with Crippen LogP contribution >= 0.6 is 0 Å². The molecular weight excluding hydrogens is 292 g/mol. The van der Waals surface area contributed by atoms with Gasteiger partial charge in [-0.05, 0) is 77.1 Å². The number of phenols is 1. The molecule has 2 rings (SSSR count). The number of aromatic hydroxyl groups is 1. The molecule has 0 heterocycles. The molecule has 5 nitrogen and oxygen atoms in total. The first kappa shape index (κ1) is 17.4. The fraction of sp³-hybridized carbons (Fsp3) is 0.611. The highest BCUT2D eigenvalue weighted by Gasteiger charge is 2.25. The number of carbonyl (C=O) groups is 1. The van der Waals surface area contributed by atoms with Gasteiger partial charge in [-0.2, -0.15) is 0 Å². The van der Waals surface area contributed by atoms with Gasteiger partial charge in [0.05, 0.1) is 0 Å². The number of ether oxygens (including phenoxy) is 1. The molecule has 0 bridgehead atoms. The van der Waals surface area contributed by atoms with Crippen molar-refractivity contribution in [3.8, 4) is 5.75 Å². The van der Waals surface area contributed by atoms with Gasteiger partial charge in [-0.25, -0.2) is 4.79 Å². The number of amides is 1. The van der Waals surface area contributed by atoms with Crippen molar-refractivity contribution in [2.24, 2.45) is 0 Å². The highest BCUT2D eigenvalue weighted by molar-refractivity contribution is 5.68. The van der Waals surface area contributed by atoms with Crippen LogP contribution in [0.4, 0.5) is 10.5 Å². The van der Waals surface area contributed by atoms with Gasteiger partial charge in [0.15, 0.2) is 0 Å². The molecule has 1 aromatic rings. The molecule has 1 aliphatic rings. The molecule has 0 radical (unpaired) electrons. The van der Waals surface area contributed by atoms with E-state index in [-0.39, 0.29) is 12.1 Å². The van der Waals surface area contributed by atoms with Gasteiger partial charge < -0.3 is 20.5 Å². The minimum Gasteiger partial charge on any atom is -0.508 e. The second kappa shape index (κ2) is 7.11. The third-order valence-electron chi connectivity index (χ3n) is 3.96. The Labute approximate surface area is 138 Å². The summed E-state index contributed by atoms with van der Waals surface area (Å²) >= 11 is 0. The van der Waals surface area contributed by atoms with E-state index in [4.69, 9.17) is 4.74 Å². The molecule has 1 aromatic carbocycles. The van der Waals surface area contributed by atoms with Crippen molar-refractivity contribution in [1.82, 2.24) is 5.32 Å². The molecule has 128 valence electrons. The van der Waals surface area contributed by atoms with Gasteiger partial charge in [-0.15, -0.1) is 0 Å². The Balaban J connectivity index is 1.88. The number of benzene rings is 1. The van der Waals surface area contributed by atoms with E-state index in [2.05, 4.69) is 10.6 Å². The van der Waals surface area contributed by atoms with Crippen molar-refractivity contribution < 1.29 is 14.6 Å². The number of nitrogens with one attached hydrogen (secondary N) is 2. The van der Waals surface area contributed by atoms with Crippen LogP contribution in [0.3, 0.4) is 0 Å². The van der Waals surface area contributed by atoms with Crippen LogP contribution in [-0.2, 0) is 4.74 Å². The maximum Gasteiger partial charge on any atom is 0.407 e. The Kier molecular flexibility index (Phi) is 5.39. The van der Waals surface area contributed by atoms with Gasteiger partial charge in [0.25, 0.3) is 0 Å². The van der Waals surface area contributed by atoms with Crippen molar-refractivity contribution in [3.63, 3.8) is 0 Å². The van der Waals surface area contributed by atoms with E-state index < -0.39 is 5.60 Å². The van der Waals surface area contributed by atoms with E-state index in [1.54, 1.807) is 6.07 Å². The van der Waals surface area contributed by atoms with Crippen molar-refractivity contribution in [3.05, 3.63) is 23.8 Å². The second-order valence-electron chi connectivity index (χ2n) is 7.35. The fourth-order valence-electron chi connectivity index (χ4n) is 2.91. The SMILES string of the molecule is Cc1cc(NC2CCCC(NC(=O)OC(C)(C)C)C2)ccc1O. The number of anilines is 1. The summed E-state index contributed by atoms with van der Waals surface area (Å²) in [6, 6.07) is 5.98. The van der Waals surface area contributed by atoms with Gasteiger partial charge in [-0.1, -0.05) is 0 Å². The molecule has 2 unspecified atom stereocenters. The Morgan fingerprint density at radius 2 is 1.96 bits per heavy atom. The van der Waals surface area contributed by atoms with Crippen molar-refractivity contribution in [2.75, 3.05) is 5.32 Å². The summed E-state index contributed by atoms with van der Waals surface area (Å²) in [5.41, 5.74) is 1.39. The predicted molar refractivity (Wildman–Crippen MR) is 91.9 cm³/mol. The minimum atomic E-state index is -0.472. The normalized spacial score (nSPS) is 21.6. The van der Waals surface area contributed by atoms with Crippen LogP contribution in [0.1, 0.15) is 52.0 Å². The summed E-state index contributed by atoms with van der Waals surface area (Å²) < 4.78 is 5.32. The Hall–Kier alpha value is -1.91. The lowest BCUT2D eigenvalue weighted by molar-refractivity contribution is 0.0492. The lowest BCUT2D eigenvalue weighted by Gasteiger charge is -2.31. The average Bonchev–Trinajstić information content (AvgIpc) is 2.41.